The van der Waals surface area contributed by atoms with Crippen LogP contribution in [-0.4, -0.2) is 33.5 Å². The van der Waals surface area contributed by atoms with Crippen molar-refractivity contribution in [1.82, 2.24) is 20.5 Å². The van der Waals surface area contributed by atoms with Gasteiger partial charge in [-0.25, -0.2) is 4.39 Å². The number of halogens is 2. The van der Waals surface area contributed by atoms with Crippen molar-refractivity contribution < 1.29 is 14.0 Å². The van der Waals surface area contributed by atoms with Crippen molar-refractivity contribution in [3.63, 3.8) is 0 Å². The number of aromatic amines is 1. The van der Waals surface area contributed by atoms with Crippen LogP contribution in [0.3, 0.4) is 0 Å². The van der Waals surface area contributed by atoms with E-state index in [-0.39, 0.29) is 24.4 Å². The van der Waals surface area contributed by atoms with Gasteiger partial charge in [0.1, 0.15) is 5.82 Å². The standard InChI is InChI=1S/C19H17BrFN5O2/c1-11-17(12-4-7-22-8-5-12)25-26-18(11)24-16(27)6-9-23-19(28)14-10-13(21)2-3-15(14)20/h2-5,7-8,10H,6,9H2,1H3,(H,23,28)(H2,24,25,26,27). The monoisotopic (exact) mass is 445 g/mol. The molecule has 0 atom stereocenters. The van der Waals surface area contributed by atoms with Gasteiger partial charge in [-0.2, -0.15) is 5.10 Å². The third kappa shape index (κ3) is 4.61. The van der Waals surface area contributed by atoms with Gasteiger partial charge in [0.15, 0.2) is 5.82 Å². The molecule has 144 valence electrons. The van der Waals surface area contributed by atoms with E-state index in [0.717, 1.165) is 22.9 Å². The zero-order valence-electron chi connectivity index (χ0n) is 14.9. The summed E-state index contributed by atoms with van der Waals surface area (Å²) < 4.78 is 13.8. The molecule has 28 heavy (non-hydrogen) atoms. The highest BCUT2D eigenvalue weighted by Gasteiger charge is 2.14. The van der Waals surface area contributed by atoms with E-state index >= 15 is 0 Å². The maximum absolute atomic E-state index is 13.3. The molecule has 0 saturated heterocycles. The topological polar surface area (TPSA) is 99.8 Å². The minimum atomic E-state index is -0.509. The number of pyridine rings is 1. The van der Waals surface area contributed by atoms with E-state index in [1.807, 2.05) is 19.1 Å². The van der Waals surface area contributed by atoms with Gasteiger partial charge in [0.25, 0.3) is 5.91 Å². The average Bonchev–Trinajstić information content (AvgIpc) is 3.04. The van der Waals surface area contributed by atoms with Gasteiger partial charge in [0, 0.05) is 41.0 Å². The molecule has 3 rings (SSSR count). The van der Waals surface area contributed by atoms with Gasteiger partial charge >= 0.3 is 0 Å². The molecule has 2 amide bonds. The van der Waals surface area contributed by atoms with Crippen LogP contribution in [0.4, 0.5) is 10.2 Å². The summed E-state index contributed by atoms with van der Waals surface area (Å²) in [5.41, 5.74) is 2.67. The third-order valence-corrected chi connectivity index (χ3v) is 4.74. The highest BCUT2D eigenvalue weighted by Crippen LogP contribution is 2.25. The molecule has 2 heterocycles. The number of H-pyrrole nitrogens is 1. The van der Waals surface area contributed by atoms with Crippen LogP contribution in [-0.2, 0) is 4.79 Å². The molecular formula is C19H17BrFN5O2. The number of nitrogens with zero attached hydrogens (tertiary/aromatic N) is 2. The van der Waals surface area contributed by atoms with Crippen molar-refractivity contribution in [2.75, 3.05) is 11.9 Å². The Hall–Kier alpha value is -3.07. The molecule has 0 radical (unpaired) electrons. The van der Waals surface area contributed by atoms with Gasteiger partial charge in [-0.05, 0) is 53.2 Å². The first kappa shape index (κ1) is 19.7. The number of hydrogen-bond donors (Lipinski definition) is 3. The quantitative estimate of drug-likeness (QED) is 0.540. The van der Waals surface area contributed by atoms with Gasteiger partial charge < -0.3 is 10.6 Å². The Morgan fingerprint density at radius 2 is 1.96 bits per heavy atom. The second kappa shape index (κ2) is 8.75. The Bertz CT molecular complexity index is 1010. The molecule has 3 N–H and O–H groups in total. The second-order valence-corrected chi connectivity index (χ2v) is 6.84. The van der Waals surface area contributed by atoms with E-state index in [1.54, 1.807) is 12.4 Å². The molecule has 7 nitrogen and oxygen atoms in total. The zero-order valence-corrected chi connectivity index (χ0v) is 16.5. The lowest BCUT2D eigenvalue weighted by molar-refractivity contribution is -0.116. The fourth-order valence-electron chi connectivity index (χ4n) is 2.57. The van der Waals surface area contributed by atoms with Gasteiger partial charge in [-0.15, -0.1) is 0 Å². The molecule has 0 bridgehead atoms. The van der Waals surface area contributed by atoms with Crippen molar-refractivity contribution in [3.8, 4) is 11.3 Å². The van der Waals surface area contributed by atoms with Crippen LogP contribution in [0.1, 0.15) is 22.3 Å². The van der Waals surface area contributed by atoms with E-state index in [0.29, 0.717) is 10.3 Å². The highest BCUT2D eigenvalue weighted by atomic mass is 79.9. The molecule has 1 aromatic carbocycles. The lowest BCUT2D eigenvalue weighted by Crippen LogP contribution is -2.28. The molecule has 0 aliphatic rings. The number of benzene rings is 1. The van der Waals surface area contributed by atoms with E-state index in [2.05, 4.69) is 41.7 Å². The molecule has 3 aromatic rings. The second-order valence-electron chi connectivity index (χ2n) is 5.99. The fourth-order valence-corrected chi connectivity index (χ4v) is 3.00. The summed E-state index contributed by atoms with van der Waals surface area (Å²) in [4.78, 5) is 28.2. The summed E-state index contributed by atoms with van der Waals surface area (Å²) in [5.74, 6) is -0.842. The number of rotatable bonds is 6. The Morgan fingerprint density at radius 1 is 1.21 bits per heavy atom. The summed E-state index contributed by atoms with van der Waals surface area (Å²) in [6, 6.07) is 7.52. The van der Waals surface area contributed by atoms with Crippen molar-refractivity contribution in [3.05, 3.63) is 64.1 Å². The lowest BCUT2D eigenvalue weighted by atomic mass is 10.1. The van der Waals surface area contributed by atoms with E-state index < -0.39 is 11.7 Å². The predicted molar refractivity (Wildman–Crippen MR) is 106 cm³/mol. The van der Waals surface area contributed by atoms with Gasteiger partial charge in [0.2, 0.25) is 5.91 Å². The van der Waals surface area contributed by atoms with Crippen LogP contribution in [0.2, 0.25) is 0 Å². The van der Waals surface area contributed by atoms with Crippen LogP contribution >= 0.6 is 15.9 Å². The van der Waals surface area contributed by atoms with Gasteiger partial charge in [-0.3, -0.25) is 19.7 Å². The first-order valence-electron chi connectivity index (χ1n) is 8.44. The molecule has 9 heteroatoms. The van der Waals surface area contributed by atoms with Crippen molar-refractivity contribution in [2.45, 2.75) is 13.3 Å². The smallest absolute Gasteiger partial charge is 0.252 e. The number of carbonyl (C=O) groups excluding carboxylic acids is 2. The number of nitrogens with one attached hydrogen (secondary N) is 3. The highest BCUT2D eigenvalue weighted by molar-refractivity contribution is 9.10. The molecule has 0 spiro atoms. The van der Waals surface area contributed by atoms with Crippen molar-refractivity contribution in [2.24, 2.45) is 0 Å². The molecule has 0 aliphatic carbocycles. The Labute approximate surface area is 168 Å². The van der Waals surface area contributed by atoms with E-state index in [4.69, 9.17) is 0 Å². The molecule has 0 unspecified atom stereocenters. The number of carbonyl (C=O) groups is 2. The summed E-state index contributed by atoms with van der Waals surface area (Å²) in [5, 5.41) is 12.3. The average molecular weight is 446 g/mol. The Kier molecular flexibility index (Phi) is 6.15. The minimum Gasteiger partial charge on any atom is -0.351 e. The predicted octanol–water partition coefficient (Wildman–Crippen LogP) is 3.44. The largest absolute Gasteiger partial charge is 0.351 e. The van der Waals surface area contributed by atoms with Crippen LogP contribution < -0.4 is 10.6 Å². The molecule has 0 saturated carbocycles. The summed E-state index contributed by atoms with van der Waals surface area (Å²) in [6.07, 6.45) is 3.40. The molecular weight excluding hydrogens is 429 g/mol. The number of amides is 2. The van der Waals surface area contributed by atoms with Crippen LogP contribution in [0.25, 0.3) is 11.3 Å². The number of hydrogen-bond acceptors (Lipinski definition) is 4. The van der Waals surface area contributed by atoms with Crippen LogP contribution in [0.15, 0.2) is 47.2 Å². The minimum absolute atomic E-state index is 0.0512. The first-order valence-corrected chi connectivity index (χ1v) is 9.23. The van der Waals surface area contributed by atoms with E-state index in [1.165, 1.54) is 12.1 Å². The maximum Gasteiger partial charge on any atom is 0.252 e. The Morgan fingerprint density at radius 3 is 2.71 bits per heavy atom. The first-order chi connectivity index (χ1) is 13.5. The summed E-state index contributed by atoms with van der Waals surface area (Å²) in [7, 11) is 0. The van der Waals surface area contributed by atoms with Crippen molar-refractivity contribution in [1.29, 1.82) is 0 Å². The lowest BCUT2D eigenvalue weighted by Gasteiger charge is -2.07. The number of aromatic nitrogens is 3. The van der Waals surface area contributed by atoms with Crippen LogP contribution in [0.5, 0.6) is 0 Å². The number of anilines is 1. The maximum atomic E-state index is 13.3. The SMILES string of the molecule is Cc1c(NC(=O)CCNC(=O)c2cc(F)ccc2Br)n[nH]c1-c1ccncc1. The van der Waals surface area contributed by atoms with Crippen LogP contribution in [0, 0.1) is 12.7 Å². The van der Waals surface area contributed by atoms with Crippen molar-refractivity contribution >= 4 is 33.6 Å². The third-order valence-electron chi connectivity index (χ3n) is 4.05. The summed E-state index contributed by atoms with van der Waals surface area (Å²) in [6.45, 7) is 1.95. The molecule has 2 aromatic heterocycles. The molecule has 0 aliphatic heterocycles. The normalized spacial score (nSPS) is 10.5. The molecule has 0 fully saturated rings. The van der Waals surface area contributed by atoms with E-state index in [9.17, 15) is 14.0 Å². The zero-order chi connectivity index (χ0) is 20.1. The fraction of sp³-hybridized carbons (Fsp3) is 0.158. The van der Waals surface area contributed by atoms with Gasteiger partial charge in [0.05, 0.1) is 11.3 Å². The van der Waals surface area contributed by atoms with Gasteiger partial charge in [-0.1, -0.05) is 0 Å². The summed E-state index contributed by atoms with van der Waals surface area (Å²) >= 11 is 3.20. The Balaban J connectivity index is 1.55.